The minimum Gasteiger partial charge on any atom is -0.493 e. The van der Waals surface area contributed by atoms with Crippen LogP contribution in [0.3, 0.4) is 0 Å². The predicted molar refractivity (Wildman–Crippen MR) is 136 cm³/mol. The van der Waals surface area contributed by atoms with Crippen molar-refractivity contribution >= 4 is 5.91 Å². The minimum atomic E-state index is -4.63. The summed E-state index contributed by atoms with van der Waals surface area (Å²) in [7, 11) is 1.88. The average Bonchev–Trinajstić information content (AvgIpc) is 3.56. The van der Waals surface area contributed by atoms with E-state index in [0.29, 0.717) is 37.9 Å². The third kappa shape index (κ3) is 6.51. The van der Waals surface area contributed by atoms with Crippen molar-refractivity contribution in [2.45, 2.75) is 95.6 Å². The molecular formula is C28H38F3N3O4. The number of ether oxygens (including phenoxy) is 2. The highest BCUT2D eigenvalue weighted by Gasteiger charge is 2.33. The molecule has 1 atom stereocenters. The van der Waals surface area contributed by atoms with Gasteiger partial charge in [-0.15, -0.1) is 0 Å². The molecule has 1 aromatic carbocycles. The molecule has 1 amide bonds. The van der Waals surface area contributed by atoms with Crippen LogP contribution < -0.4 is 10.2 Å². The summed E-state index contributed by atoms with van der Waals surface area (Å²) in [6.45, 7) is 7.36. The van der Waals surface area contributed by atoms with Crippen molar-refractivity contribution in [3.63, 3.8) is 0 Å². The molecule has 4 rings (SSSR count). The normalized spacial score (nSPS) is 20.3. The maximum Gasteiger partial charge on any atom is 0.416 e. The molecule has 1 N–H and O–H groups in total. The molecule has 1 aromatic heterocycles. The Kier molecular flexibility index (Phi) is 8.14. The highest BCUT2D eigenvalue weighted by atomic mass is 19.4. The third-order valence-electron chi connectivity index (χ3n) is 7.52. The zero-order valence-corrected chi connectivity index (χ0v) is 22.6. The summed E-state index contributed by atoms with van der Waals surface area (Å²) in [5.41, 5.74) is -1.03. The fourth-order valence-electron chi connectivity index (χ4n) is 5.36. The standard InChI is InChI=1S/C28H38F3N3O4/c1-26(2,3)23-17-24(34(33(23)4)18-20-8-7-14-37-20)32-25(35)21-16-19(28(29,30)31)9-10-22(21)38-15-13-27(36)11-5-6-12-27/h9-10,16-17,20,36H,5-8,11-15,18H2,1-4H3/b32-24+/t20-/m1/s1. The highest BCUT2D eigenvalue weighted by Crippen LogP contribution is 2.35. The second-order valence-electron chi connectivity index (χ2n) is 11.5. The summed E-state index contributed by atoms with van der Waals surface area (Å²) in [6.07, 6.45) is 0.712. The molecule has 0 radical (unpaired) electrons. The Bertz CT molecular complexity index is 1210. The summed E-state index contributed by atoms with van der Waals surface area (Å²) in [5, 5.41) is 10.6. The van der Waals surface area contributed by atoms with Crippen LogP contribution in [0.2, 0.25) is 0 Å². The third-order valence-corrected chi connectivity index (χ3v) is 7.52. The fraction of sp³-hybridized carbons (Fsp3) is 0.643. The maximum absolute atomic E-state index is 13.5. The lowest BCUT2D eigenvalue weighted by Gasteiger charge is -2.22. The molecule has 2 fully saturated rings. The van der Waals surface area contributed by atoms with E-state index >= 15 is 0 Å². The number of rotatable bonds is 7. The van der Waals surface area contributed by atoms with Crippen LogP contribution in [-0.2, 0) is 29.9 Å². The van der Waals surface area contributed by atoms with Crippen LogP contribution in [0, 0.1) is 0 Å². The van der Waals surface area contributed by atoms with Crippen molar-refractivity contribution in [3.8, 4) is 5.75 Å². The first-order chi connectivity index (χ1) is 17.8. The summed E-state index contributed by atoms with van der Waals surface area (Å²) in [5.74, 6) is -0.802. The van der Waals surface area contributed by atoms with E-state index in [0.717, 1.165) is 49.6 Å². The molecular weight excluding hydrogens is 499 g/mol. The quantitative estimate of drug-likeness (QED) is 0.531. The SMILES string of the molecule is Cn1c(C(C)(C)C)c/c(=N\C(=O)c2cc(C(F)(F)F)ccc2OCCC2(O)CCCC2)n1C[C@H]1CCCO1. The molecule has 1 aliphatic carbocycles. The Balaban J connectivity index is 1.70. The molecule has 0 spiro atoms. The van der Waals surface area contributed by atoms with Crippen LogP contribution in [0.15, 0.2) is 29.3 Å². The molecule has 38 heavy (non-hydrogen) atoms. The van der Waals surface area contributed by atoms with Gasteiger partial charge in [0.05, 0.1) is 36.0 Å². The lowest BCUT2D eigenvalue weighted by atomic mass is 9.92. The number of amides is 1. The van der Waals surface area contributed by atoms with Crippen LogP contribution in [0.4, 0.5) is 13.2 Å². The van der Waals surface area contributed by atoms with Gasteiger partial charge in [-0.3, -0.25) is 14.2 Å². The number of carbonyl (C=O) groups is 1. The highest BCUT2D eigenvalue weighted by molar-refractivity contribution is 5.97. The molecule has 10 heteroatoms. The number of nitrogens with zero attached hydrogens (tertiary/aromatic N) is 3. The van der Waals surface area contributed by atoms with Gasteiger partial charge in [0.25, 0.3) is 5.91 Å². The summed E-state index contributed by atoms with van der Waals surface area (Å²) < 4.78 is 56.0. The van der Waals surface area contributed by atoms with Crippen molar-refractivity contribution < 1.29 is 32.5 Å². The Hall–Kier alpha value is -2.59. The van der Waals surface area contributed by atoms with E-state index in [1.54, 1.807) is 6.07 Å². The number of carbonyl (C=O) groups excluding carboxylic acids is 1. The van der Waals surface area contributed by atoms with E-state index in [2.05, 4.69) is 4.99 Å². The lowest BCUT2D eigenvalue weighted by Crippen LogP contribution is -2.30. The van der Waals surface area contributed by atoms with Crippen LogP contribution in [0.25, 0.3) is 0 Å². The predicted octanol–water partition coefficient (Wildman–Crippen LogP) is 5.14. The average molecular weight is 538 g/mol. The first-order valence-electron chi connectivity index (χ1n) is 13.3. The van der Waals surface area contributed by atoms with Gasteiger partial charge in [0.15, 0.2) is 5.49 Å². The molecule has 1 aliphatic heterocycles. The molecule has 2 aromatic rings. The number of hydrogen-bond donors (Lipinski definition) is 1. The molecule has 1 saturated carbocycles. The van der Waals surface area contributed by atoms with E-state index < -0.39 is 23.2 Å². The molecule has 0 bridgehead atoms. The summed E-state index contributed by atoms with van der Waals surface area (Å²) >= 11 is 0. The van der Waals surface area contributed by atoms with Gasteiger partial charge < -0.3 is 14.6 Å². The van der Waals surface area contributed by atoms with Gasteiger partial charge in [-0.1, -0.05) is 33.6 Å². The molecule has 2 heterocycles. The van der Waals surface area contributed by atoms with Crippen molar-refractivity contribution in [1.29, 1.82) is 0 Å². The number of alkyl halides is 3. The Morgan fingerprint density at radius 2 is 1.89 bits per heavy atom. The lowest BCUT2D eigenvalue weighted by molar-refractivity contribution is -0.137. The molecule has 0 unspecified atom stereocenters. The first kappa shape index (κ1) is 28.4. The molecule has 1 saturated heterocycles. The first-order valence-corrected chi connectivity index (χ1v) is 13.3. The largest absolute Gasteiger partial charge is 0.493 e. The second-order valence-corrected chi connectivity index (χ2v) is 11.5. The van der Waals surface area contributed by atoms with Crippen molar-refractivity contribution in [2.24, 2.45) is 12.0 Å². The van der Waals surface area contributed by atoms with Gasteiger partial charge in [-0.05, 0) is 43.9 Å². The Labute approximate surface area is 221 Å². The molecule has 2 aliphatic rings. The maximum atomic E-state index is 13.5. The molecule has 210 valence electrons. The zero-order valence-electron chi connectivity index (χ0n) is 22.6. The number of benzene rings is 1. The monoisotopic (exact) mass is 537 g/mol. The van der Waals surface area contributed by atoms with Crippen molar-refractivity contribution in [1.82, 2.24) is 9.36 Å². The number of aliphatic hydroxyl groups is 1. The zero-order chi connectivity index (χ0) is 27.7. The summed E-state index contributed by atoms with van der Waals surface area (Å²) in [6, 6.07) is 4.66. The number of aromatic nitrogens is 2. The van der Waals surface area contributed by atoms with Gasteiger partial charge >= 0.3 is 6.18 Å². The van der Waals surface area contributed by atoms with Crippen LogP contribution in [0.5, 0.6) is 5.75 Å². The van der Waals surface area contributed by atoms with Crippen LogP contribution >= 0.6 is 0 Å². The minimum absolute atomic E-state index is 0.0194. The van der Waals surface area contributed by atoms with Gasteiger partial charge in [0, 0.05) is 37.3 Å². The van der Waals surface area contributed by atoms with Gasteiger partial charge in [-0.2, -0.15) is 18.2 Å². The smallest absolute Gasteiger partial charge is 0.416 e. The van der Waals surface area contributed by atoms with Crippen LogP contribution in [0.1, 0.15) is 87.3 Å². The molecule has 7 nitrogen and oxygen atoms in total. The second kappa shape index (κ2) is 10.9. The number of halogens is 3. The van der Waals surface area contributed by atoms with Gasteiger partial charge in [0.1, 0.15) is 5.75 Å². The van der Waals surface area contributed by atoms with Crippen molar-refractivity contribution in [3.05, 3.63) is 46.6 Å². The Morgan fingerprint density at radius 3 is 2.50 bits per heavy atom. The van der Waals surface area contributed by atoms with Crippen molar-refractivity contribution in [2.75, 3.05) is 13.2 Å². The van der Waals surface area contributed by atoms with E-state index in [-0.39, 0.29) is 29.4 Å². The van der Waals surface area contributed by atoms with E-state index in [1.165, 1.54) is 0 Å². The van der Waals surface area contributed by atoms with E-state index in [4.69, 9.17) is 9.47 Å². The fourth-order valence-corrected chi connectivity index (χ4v) is 5.36. The number of hydrogen-bond acceptors (Lipinski definition) is 4. The van der Waals surface area contributed by atoms with E-state index in [1.807, 2.05) is 37.2 Å². The summed E-state index contributed by atoms with van der Waals surface area (Å²) in [4.78, 5) is 17.7. The van der Waals surface area contributed by atoms with Gasteiger partial charge in [-0.25, -0.2) is 0 Å². The van der Waals surface area contributed by atoms with Crippen LogP contribution in [-0.4, -0.2) is 45.3 Å². The Morgan fingerprint density at radius 1 is 1.18 bits per heavy atom. The topological polar surface area (TPSA) is 78.0 Å². The van der Waals surface area contributed by atoms with E-state index in [9.17, 15) is 23.1 Å². The van der Waals surface area contributed by atoms with Gasteiger partial charge in [0.2, 0.25) is 0 Å².